The van der Waals surface area contributed by atoms with E-state index in [1.54, 1.807) is 12.1 Å². The SMILES string of the molecule is CC[C@@H](C)n1c(-c2ccc([N+](=O)[O-])cc2)nc2nc3ccccc3nc21. The summed E-state index contributed by atoms with van der Waals surface area (Å²) >= 11 is 0. The Morgan fingerprint density at radius 3 is 2.31 bits per heavy atom. The highest BCUT2D eigenvalue weighted by atomic mass is 16.6. The molecule has 0 amide bonds. The second-order valence-corrected chi connectivity index (χ2v) is 6.23. The van der Waals surface area contributed by atoms with Crippen molar-refractivity contribution in [1.82, 2.24) is 19.5 Å². The molecule has 2 aromatic carbocycles. The average Bonchev–Trinajstić information content (AvgIpc) is 3.03. The lowest BCUT2D eigenvalue weighted by Gasteiger charge is -2.15. The maximum absolute atomic E-state index is 10.9. The van der Waals surface area contributed by atoms with Crippen LogP contribution in [0.3, 0.4) is 0 Å². The van der Waals surface area contributed by atoms with Crippen molar-refractivity contribution in [2.24, 2.45) is 0 Å². The van der Waals surface area contributed by atoms with Gasteiger partial charge < -0.3 is 4.57 Å². The maximum Gasteiger partial charge on any atom is 0.269 e. The van der Waals surface area contributed by atoms with E-state index >= 15 is 0 Å². The fourth-order valence-electron chi connectivity index (χ4n) is 3.01. The predicted octanol–water partition coefficient (Wildman–Crippen LogP) is 4.53. The van der Waals surface area contributed by atoms with Crippen LogP contribution in [0.15, 0.2) is 48.5 Å². The second kappa shape index (κ2) is 6.18. The molecule has 0 saturated heterocycles. The summed E-state index contributed by atoms with van der Waals surface area (Å²) in [5.74, 6) is 0.722. The summed E-state index contributed by atoms with van der Waals surface area (Å²) in [6.07, 6.45) is 0.903. The number of rotatable bonds is 4. The van der Waals surface area contributed by atoms with Crippen LogP contribution in [0.25, 0.3) is 33.7 Å². The molecule has 0 aliphatic carbocycles. The highest BCUT2D eigenvalue weighted by molar-refractivity contribution is 5.85. The Hall–Kier alpha value is -3.35. The van der Waals surface area contributed by atoms with Crippen LogP contribution in [-0.4, -0.2) is 24.4 Å². The first-order chi connectivity index (χ1) is 12.6. The number of non-ortho nitro benzene ring substituents is 1. The molecule has 0 saturated carbocycles. The molecule has 1 atom stereocenters. The molecule has 0 aliphatic heterocycles. The first-order valence-electron chi connectivity index (χ1n) is 8.48. The summed E-state index contributed by atoms with van der Waals surface area (Å²) in [7, 11) is 0. The third-order valence-electron chi connectivity index (χ3n) is 4.57. The van der Waals surface area contributed by atoms with Gasteiger partial charge in [-0.05, 0) is 37.6 Å². The highest BCUT2D eigenvalue weighted by Crippen LogP contribution is 2.30. The largest absolute Gasteiger partial charge is 0.304 e. The molecule has 0 bridgehead atoms. The van der Waals surface area contributed by atoms with Gasteiger partial charge >= 0.3 is 0 Å². The van der Waals surface area contributed by atoms with Crippen LogP contribution >= 0.6 is 0 Å². The molecule has 0 unspecified atom stereocenters. The van der Waals surface area contributed by atoms with E-state index in [0.717, 1.165) is 34.5 Å². The van der Waals surface area contributed by atoms with E-state index in [-0.39, 0.29) is 11.7 Å². The van der Waals surface area contributed by atoms with Crippen LogP contribution in [0.2, 0.25) is 0 Å². The molecule has 7 nitrogen and oxygen atoms in total. The van der Waals surface area contributed by atoms with Crippen molar-refractivity contribution >= 4 is 28.0 Å². The zero-order chi connectivity index (χ0) is 18.3. The van der Waals surface area contributed by atoms with Crippen molar-refractivity contribution in [3.8, 4) is 11.4 Å². The van der Waals surface area contributed by atoms with Crippen molar-refractivity contribution < 1.29 is 4.92 Å². The van der Waals surface area contributed by atoms with Gasteiger partial charge in [0, 0.05) is 23.7 Å². The normalized spacial score (nSPS) is 12.5. The van der Waals surface area contributed by atoms with Crippen molar-refractivity contribution in [2.45, 2.75) is 26.3 Å². The second-order valence-electron chi connectivity index (χ2n) is 6.23. The molecule has 0 radical (unpaired) electrons. The topological polar surface area (TPSA) is 86.7 Å². The number of hydrogen-bond acceptors (Lipinski definition) is 5. The van der Waals surface area contributed by atoms with Gasteiger partial charge in [0.15, 0.2) is 11.3 Å². The van der Waals surface area contributed by atoms with Crippen LogP contribution in [0, 0.1) is 10.1 Å². The zero-order valence-corrected chi connectivity index (χ0v) is 14.5. The number of para-hydroxylation sites is 2. The molecule has 7 heteroatoms. The van der Waals surface area contributed by atoms with E-state index in [1.807, 2.05) is 24.3 Å². The molecular weight excluding hydrogens is 330 g/mol. The quantitative estimate of drug-likeness (QED) is 0.400. The monoisotopic (exact) mass is 347 g/mol. The lowest BCUT2D eigenvalue weighted by atomic mass is 10.1. The molecular formula is C19H17N5O2. The lowest BCUT2D eigenvalue weighted by Crippen LogP contribution is -2.07. The summed E-state index contributed by atoms with van der Waals surface area (Å²) in [6, 6.07) is 14.3. The fraction of sp³-hybridized carbons (Fsp3) is 0.211. The fourth-order valence-corrected chi connectivity index (χ4v) is 3.01. The van der Waals surface area contributed by atoms with Gasteiger partial charge in [0.1, 0.15) is 5.82 Å². The molecule has 130 valence electrons. The first kappa shape index (κ1) is 16.1. The third kappa shape index (κ3) is 2.57. The first-order valence-corrected chi connectivity index (χ1v) is 8.48. The lowest BCUT2D eigenvalue weighted by molar-refractivity contribution is -0.384. The number of nitro benzene ring substituents is 1. The Morgan fingerprint density at radius 1 is 1.04 bits per heavy atom. The minimum Gasteiger partial charge on any atom is -0.304 e. The van der Waals surface area contributed by atoms with Crippen LogP contribution in [-0.2, 0) is 0 Å². The van der Waals surface area contributed by atoms with Gasteiger partial charge in [0.2, 0.25) is 0 Å². The standard InChI is InChI=1S/C19H17N5O2/c1-3-12(2)23-18(13-8-10-14(11-9-13)24(25)26)22-17-19(23)21-16-7-5-4-6-15(16)20-17/h4-12H,3H2,1-2H3/t12-/m1/s1. The minimum absolute atomic E-state index is 0.0574. The van der Waals surface area contributed by atoms with Gasteiger partial charge in [-0.25, -0.2) is 15.0 Å². The smallest absolute Gasteiger partial charge is 0.269 e. The van der Waals surface area contributed by atoms with Gasteiger partial charge in [0.25, 0.3) is 5.69 Å². The molecule has 2 heterocycles. The molecule has 4 rings (SSSR count). The molecule has 0 N–H and O–H groups in total. The minimum atomic E-state index is -0.406. The number of nitro groups is 1. The van der Waals surface area contributed by atoms with E-state index in [9.17, 15) is 10.1 Å². The number of imidazole rings is 1. The summed E-state index contributed by atoms with van der Waals surface area (Å²) in [5, 5.41) is 10.9. The van der Waals surface area contributed by atoms with Crippen molar-refractivity contribution in [3.63, 3.8) is 0 Å². The Morgan fingerprint density at radius 2 is 1.69 bits per heavy atom. The molecule has 4 aromatic rings. The number of benzene rings is 2. The van der Waals surface area contributed by atoms with E-state index in [0.29, 0.717) is 5.65 Å². The molecule has 0 aliphatic rings. The summed E-state index contributed by atoms with van der Waals surface area (Å²) in [5.41, 5.74) is 3.79. The van der Waals surface area contributed by atoms with Crippen LogP contribution in [0.4, 0.5) is 5.69 Å². The van der Waals surface area contributed by atoms with Gasteiger partial charge in [-0.15, -0.1) is 0 Å². The number of aromatic nitrogens is 4. The number of nitrogens with zero attached hydrogens (tertiary/aromatic N) is 5. The van der Waals surface area contributed by atoms with Crippen LogP contribution in [0.5, 0.6) is 0 Å². The summed E-state index contributed by atoms with van der Waals surface area (Å²) in [4.78, 5) is 24.6. The molecule has 26 heavy (non-hydrogen) atoms. The van der Waals surface area contributed by atoms with Crippen molar-refractivity contribution in [1.29, 1.82) is 0 Å². The Bertz CT molecular complexity index is 1120. The zero-order valence-electron chi connectivity index (χ0n) is 14.5. The summed E-state index contributed by atoms with van der Waals surface area (Å²) in [6.45, 7) is 4.21. The highest BCUT2D eigenvalue weighted by Gasteiger charge is 2.19. The van der Waals surface area contributed by atoms with Gasteiger partial charge in [-0.3, -0.25) is 10.1 Å². The van der Waals surface area contributed by atoms with E-state index in [4.69, 9.17) is 9.97 Å². The maximum atomic E-state index is 10.9. The molecule has 0 spiro atoms. The predicted molar refractivity (Wildman–Crippen MR) is 99.9 cm³/mol. The Kier molecular flexibility index (Phi) is 3.84. The van der Waals surface area contributed by atoms with Crippen molar-refractivity contribution in [3.05, 3.63) is 58.6 Å². The van der Waals surface area contributed by atoms with E-state index < -0.39 is 4.92 Å². The molecule has 2 aromatic heterocycles. The number of fused-ring (bicyclic) bond motifs is 2. The van der Waals surface area contributed by atoms with Gasteiger partial charge in [-0.2, -0.15) is 0 Å². The van der Waals surface area contributed by atoms with Crippen LogP contribution in [0.1, 0.15) is 26.3 Å². The van der Waals surface area contributed by atoms with E-state index in [1.165, 1.54) is 12.1 Å². The average molecular weight is 347 g/mol. The van der Waals surface area contributed by atoms with Gasteiger partial charge in [-0.1, -0.05) is 19.1 Å². The summed E-state index contributed by atoms with van der Waals surface area (Å²) < 4.78 is 2.07. The molecule has 0 fully saturated rings. The Balaban J connectivity index is 1.97. The number of hydrogen-bond donors (Lipinski definition) is 0. The third-order valence-corrected chi connectivity index (χ3v) is 4.57. The van der Waals surface area contributed by atoms with Crippen molar-refractivity contribution in [2.75, 3.05) is 0 Å². The van der Waals surface area contributed by atoms with Gasteiger partial charge in [0.05, 0.1) is 16.0 Å². The van der Waals surface area contributed by atoms with Crippen LogP contribution < -0.4 is 0 Å². The van der Waals surface area contributed by atoms with E-state index in [2.05, 4.69) is 23.4 Å². The Labute approximate surface area is 149 Å².